The molecule has 5 nitrogen and oxygen atoms in total. The molecule has 1 aliphatic carbocycles. The molecule has 1 aromatic carbocycles. The molecule has 2 atom stereocenters. The molecule has 3 N–H and O–H groups in total. The maximum absolute atomic E-state index is 12.2. The van der Waals surface area contributed by atoms with E-state index in [-0.39, 0.29) is 10.9 Å². The highest BCUT2D eigenvalue weighted by Gasteiger charge is 2.24. The second kappa shape index (κ2) is 7.24. The number of nitrogens with one attached hydrogen (secondary N) is 2. The molecule has 1 fully saturated rings. The summed E-state index contributed by atoms with van der Waals surface area (Å²) in [6.45, 7) is 2.10. The molecule has 0 amide bonds. The van der Waals surface area contributed by atoms with E-state index in [1.807, 2.05) is 0 Å². The Labute approximate surface area is 126 Å². The molecular formula is C15H24N2O3S. The summed E-state index contributed by atoms with van der Waals surface area (Å²) in [6.07, 6.45) is 4.39. The lowest BCUT2D eigenvalue weighted by Gasteiger charge is -2.24. The topological polar surface area (TPSA) is 78.4 Å². The molecule has 0 heterocycles. The summed E-state index contributed by atoms with van der Waals surface area (Å²) in [7, 11) is -3.51. The number of anilines is 1. The van der Waals surface area contributed by atoms with Crippen molar-refractivity contribution < 1.29 is 13.5 Å². The van der Waals surface area contributed by atoms with Crippen molar-refractivity contribution >= 4 is 15.7 Å². The predicted octanol–water partition coefficient (Wildman–Crippen LogP) is 2.09. The molecule has 0 saturated heterocycles. The Hall–Kier alpha value is -1.11. The quantitative estimate of drug-likeness (QED) is 0.728. The lowest BCUT2D eigenvalue weighted by molar-refractivity contribution is 0.144. The standard InChI is InChI=1S/C15H24N2O3S/c1-2-16-21(19,20)15-11-7-6-9-13(15)17-12-8-4-3-5-10-14(12)18/h6-7,9,11-12,14,16-18H,2-5,8,10H2,1H3. The highest BCUT2D eigenvalue weighted by atomic mass is 32.2. The van der Waals surface area contributed by atoms with Gasteiger partial charge in [-0.3, -0.25) is 0 Å². The van der Waals surface area contributed by atoms with E-state index in [9.17, 15) is 13.5 Å². The summed E-state index contributed by atoms with van der Waals surface area (Å²) in [6, 6.07) is 6.76. The van der Waals surface area contributed by atoms with Crippen LogP contribution in [0.25, 0.3) is 0 Å². The molecule has 0 aromatic heterocycles. The van der Waals surface area contributed by atoms with Crippen LogP contribution >= 0.6 is 0 Å². The zero-order valence-electron chi connectivity index (χ0n) is 12.4. The third-order valence-electron chi connectivity index (χ3n) is 3.83. The molecule has 0 spiro atoms. The average molecular weight is 312 g/mol. The van der Waals surface area contributed by atoms with Crippen LogP contribution in [0.2, 0.25) is 0 Å². The van der Waals surface area contributed by atoms with E-state index in [4.69, 9.17) is 0 Å². The van der Waals surface area contributed by atoms with Crippen LogP contribution in [0.3, 0.4) is 0 Å². The minimum absolute atomic E-state index is 0.0922. The minimum Gasteiger partial charge on any atom is -0.391 e. The fourth-order valence-corrected chi connectivity index (χ4v) is 3.95. The first-order chi connectivity index (χ1) is 10.0. The number of rotatable bonds is 5. The van der Waals surface area contributed by atoms with Crippen LogP contribution < -0.4 is 10.0 Å². The van der Waals surface area contributed by atoms with Crippen LogP contribution in [0.4, 0.5) is 5.69 Å². The Morgan fingerprint density at radius 1 is 1.19 bits per heavy atom. The number of aliphatic hydroxyl groups is 1. The Balaban J connectivity index is 2.24. The van der Waals surface area contributed by atoms with Crippen LogP contribution in [0, 0.1) is 0 Å². The maximum Gasteiger partial charge on any atom is 0.242 e. The van der Waals surface area contributed by atoms with Crippen molar-refractivity contribution in [2.75, 3.05) is 11.9 Å². The van der Waals surface area contributed by atoms with Gasteiger partial charge in [0.25, 0.3) is 0 Å². The van der Waals surface area contributed by atoms with Gasteiger partial charge in [0.1, 0.15) is 4.90 Å². The van der Waals surface area contributed by atoms with Gasteiger partial charge in [0.2, 0.25) is 10.0 Å². The lowest BCUT2D eigenvalue weighted by Crippen LogP contribution is -2.33. The number of hydrogen-bond donors (Lipinski definition) is 3. The van der Waals surface area contributed by atoms with Gasteiger partial charge in [-0.1, -0.05) is 38.3 Å². The molecule has 21 heavy (non-hydrogen) atoms. The summed E-state index contributed by atoms with van der Waals surface area (Å²) in [5.74, 6) is 0. The third-order valence-corrected chi connectivity index (χ3v) is 5.44. The Morgan fingerprint density at radius 3 is 2.67 bits per heavy atom. The Morgan fingerprint density at radius 2 is 1.90 bits per heavy atom. The number of para-hydroxylation sites is 1. The molecular weight excluding hydrogens is 288 g/mol. The Kier molecular flexibility index (Phi) is 5.61. The molecule has 118 valence electrons. The van der Waals surface area contributed by atoms with Gasteiger partial charge in [-0.25, -0.2) is 13.1 Å². The van der Waals surface area contributed by atoms with Crippen molar-refractivity contribution in [3.8, 4) is 0 Å². The SMILES string of the molecule is CCNS(=O)(=O)c1ccccc1NC1CCCCCC1O. The summed E-state index contributed by atoms with van der Waals surface area (Å²) in [4.78, 5) is 0.239. The van der Waals surface area contributed by atoms with Gasteiger partial charge in [0.05, 0.1) is 17.8 Å². The van der Waals surface area contributed by atoms with Crippen LogP contribution in [0.5, 0.6) is 0 Å². The maximum atomic E-state index is 12.2. The van der Waals surface area contributed by atoms with Gasteiger partial charge in [-0.05, 0) is 25.0 Å². The average Bonchev–Trinajstić information content (AvgIpc) is 2.65. The molecule has 2 rings (SSSR count). The van der Waals surface area contributed by atoms with Crippen LogP contribution in [-0.2, 0) is 10.0 Å². The number of benzene rings is 1. The van der Waals surface area contributed by atoms with Crippen molar-refractivity contribution in [2.45, 2.75) is 56.1 Å². The van der Waals surface area contributed by atoms with Gasteiger partial charge in [-0.15, -0.1) is 0 Å². The largest absolute Gasteiger partial charge is 0.391 e. The van der Waals surface area contributed by atoms with Crippen molar-refractivity contribution in [3.05, 3.63) is 24.3 Å². The zero-order chi connectivity index (χ0) is 15.3. The van der Waals surface area contributed by atoms with Crippen LogP contribution in [0.1, 0.15) is 39.0 Å². The number of hydrogen-bond acceptors (Lipinski definition) is 4. The highest BCUT2D eigenvalue weighted by molar-refractivity contribution is 7.89. The summed E-state index contributed by atoms with van der Waals surface area (Å²) in [5.41, 5.74) is 0.560. The third kappa shape index (κ3) is 4.18. The van der Waals surface area contributed by atoms with E-state index < -0.39 is 16.1 Å². The first-order valence-electron chi connectivity index (χ1n) is 7.58. The molecule has 2 unspecified atom stereocenters. The van der Waals surface area contributed by atoms with E-state index in [1.165, 1.54) is 0 Å². The smallest absolute Gasteiger partial charge is 0.242 e. The summed E-state index contributed by atoms with van der Waals surface area (Å²) < 4.78 is 27.0. The van der Waals surface area contributed by atoms with E-state index >= 15 is 0 Å². The molecule has 6 heteroatoms. The van der Waals surface area contributed by atoms with Crippen molar-refractivity contribution in [3.63, 3.8) is 0 Å². The molecule has 0 radical (unpaired) electrons. The van der Waals surface area contributed by atoms with E-state index in [0.29, 0.717) is 12.2 Å². The number of aliphatic hydroxyl groups excluding tert-OH is 1. The van der Waals surface area contributed by atoms with Crippen molar-refractivity contribution in [1.82, 2.24) is 4.72 Å². The van der Waals surface area contributed by atoms with E-state index in [1.54, 1.807) is 31.2 Å². The summed E-state index contributed by atoms with van der Waals surface area (Å²) >= 11 is 0. The summed E-state index contributed by atoms with van der Waals surface area (Å²) in [5, 5.41) is 13.4. The Bertz CT molecular complexity index is 560. The van der Waals surface area contributed by atoms with Gasteiger partial charge in [-0.2, -0.15) is 0 Å². The lowest BCUT2D eigenvalue weighted by atomic mass is 10.1. The second-order valence-corrected chi connectivity index (χ2v) is 7.19. The molecule has 0 aliphatic heterocycles. The fourth-order valence-electron chi connectivity index (χ4n) is 2.74. The minimum atomic E-state index is -3.51. The molecule has 0 bridgehead atoms. The first kappa shape index (κ1) is 16.3. The van der Waals surface area contributed by atoms with Crippen LogP contribution in [0.15, 0.2) is 29.2 Å². The second-order valence-electron chi connectivity index (χ2n) is 5.45. The highest BCUT2D eigenvalue weighted by Crippen LogP contribution is 2.26. The monoisotopic (exact) mass is 312 g/mol. The normalized spacial score (nSPS) is 23.5. The zero-order valence-corrected chi connectivity index (χ0v) is 13.2. The molecule has 1 aromatic rings. The van der Waals surface area contributed by atoms with Crippen molar-refractivity contribution in [1.29, 1.82) is 0 Å². The number of sulfonamides is 1. The van der Waals surface area contributed by atoms with E-state index in [0.717, 1.165) is 32.1 Å². The van der Waals surface area contributed by atoms with Crippen LogP contribution in [-0.4, -0.2) is 32.2 Å². The van der Waals surface area contributed by atoms with Gasteiger partial charge in [0.15, 0.2) is 0 Å². The first-order valence-corrected chi connectivity index (χ1v) is 9.06. The fraction of sp³-hybridized carbons (Fsp3) is 0.600. The van der Waals surface area contributed by atoms with Gasteiger partial charge in [0, 0.05) is 6.54 Å². The van der Waals surface area contributed by atoms with E-state index in [2.05, 4.69) is 10.0 Å². The van der Waals surface area contributed by atoms with Gasteiger partial charge < -0.3 is 10.4 Å². The predicted molar refractivity (Wildman–Crippen MR) is 83.8 cm³/mol. The van der Waals surface area contributed by atoms with Gasteiger partial charge >= 0.3 is 0 Å². The molecule has 1 aliphatic rings. The van der Waals surface area contributed by atoms with Crippen molar-refractivity contribution in [2.24, 2.45) is 0 Å². The molecule has 1 saturated carbocycles.